The van der Waals surface area contributed by atoms with Crippen molar-refractivity contribution < 1.29 is 19.0 Å². The molecule has 116 valence electrons. The van der Waals surface area contributed by atoms with E-state index in [4.69, 9.17) is 16.3 Å². The summed E-state index contributed by atoms with van der Waals surface area (Å²) in [6.45, 7) is -0.0386. The number of nitrogens with zero attached hydrogens (tertiary/aromatic N) is 1. The van der Waals surface area contributed by atoms with E-state index >= 15 is 0 Å². The number of benzene rings is 1. The minimum atomic E-state index is -0.909. The highest BCUT2D eigenvalue weighted by atomic mass is 35.5. The Balaban J connectivity index is 1.76. The van der Waals surface area contributed by atoms with Crippen LogP contribution in [0.4, 0.5) is 4.39 Å². The minimum absolute atomic E-state index is 0.00573. The number of ether oxygens (including phenoxy) is 1. The lowest BCUT2D eigenvalue weighted by molar-refractivity contribution is 0.0839. The van der Waals surface area contributed by atoms with E-state index in [0.717, 1.165) is 0 Å². The molecular weight excluding hydrogens is 311 g/mol. The predicted octanol–water partition coefficient (Wildman–Crippen LogP) is 2.04. The summed E-state index contributed by atoms with van der Waals surface area (Å²) in [5.41, 5.74) is 0.166. The quantitative estimate of drug-likeness (QED) is 0.798. The summed E-state index contributed by atoms with van der Waals surface area (Å²) in [7, 11) is 0. The molecule has 5 nitrogen and oxygen atoms in total. The number of amides is 1. The lowest BCUT2D eigenvalue weighted by atomic mass is 10.3. The van der Waals surface area contributed by atoms with Crippen molar-refractivity contribution in [2.45, 2.75) is 6.10 Å². The average Bonchev–Trinajstić information content (AvgIpc) is 2.52. The normalized spacial score (nSPS) is 11.8. The van der Waals surface area contributed by atoms with Gasteiger partial charge in [-0.05, 0) is 36.4 Å². The van der Waals surface area contributed by atoms with Crippen LogP contribution in [0, 0.1) is 5.82 Å². The van der Waals surface area contributed by atoms with Crippen LogP contribution >= 0.6 is 11.6 Å². The first-order chi connectivity index (χ1) is 10.5. The second kappa shape index (κ2) is 7.72. The fraction of sp³-hybridized carbons (Fsp3) is 0.200. The van der Waals surface area contributed by atoms with Crippen molar-refractivity contribution >= 4 is 17.5 Å². The summed E-state index contributed by atoms with van der Waals surface area (Å²) in [4.78, 5) is 15.6. The Labute approximate surface area is 131 Å². The second-order valence-corrected chi connectivity index (χ2v) is 4.86. The first kappa shape index (κ1) is 16.2. The zero-order valence-electron chi connectivity index (χ0n) is 11.5. The fourth-order valence-electron chi connectivity index (χ4n) is 1.62. The van der Waals surface area contributed by atoms with E-state index in [0.29, 0.717) is 5.75 Å². The van der Waals surface area contributed by atoms with E-state index in [9.17, 15) is 14.3 Å². The Morgan fingerprint density at radius 3 is 2.73 bits per heavy atom. The maximum atomic E-state index is 12.7. The number of aromatic nitrogens is 1. The standard InChI is InChI=1S/C15H14ClFN2O3/c16-14-3-1-2-13(19-14)15(21)18-8-11(20)9-22-12-6-4-10(17)5-7-12/h1-7,11,20H,8-9H2,(H,18,21). The maximum absolute atomic E-state index is 12.7. The molecule has 1 atom stereocenters. The van der Waals surface area contributed by atoms with Gasteiger partial charge in [-0.15, -0.1) is 0 Å². The van der Waals surface area contributed by atoms with Gasteiger partial charge in [0.05, 0.1) is 0 Å². The number of pyridine rings is 1. The fourth-order valence-corrected chi connectivity index (χ4v) is 1.78. The van der Waals surface area contributed by atoms with Crippen molar-refractivity contribution in [3.05, 3.63) is 59.1 Å². The van der Waals surface area contributed by atoms with Gasteiger partial charge in [-0.25, -0.2) is 9.37 Å². The molecule has 0 fully saturated rings. The van der Waals surface area contributed by atoms with Crippen LogP contribution in [0.5, 0.6) is 5.75 Å². The van der Waals surface area contributed by atoms with E-state index in [1.54, 1.807) is 12.1 Å². The highest BCUT2D eigenvalue weighted by molar-refractivity contribution is 6.29. The van der Waals surface area contributed by atoms with Crippen LogP contribution < -0.4 is 10.1 Å². The van der Waals surface area contributed by atoms with Crippen LogP contribution in [0.25, 0.3) is 0 Å². The van der Waals surface area contributed by atoms with Crippen molar-refractivity contribution in [1.82, 2.24) is 10.3 Å². The van der Waals surface area contributed by atoms with Crippen LogP contribution in [-0.4, -0.2) is 35.3 Å². The number of hydrogen-bond acceptors (Lipinski definition) is 4. The first-order valence-corrected chi connectivity index (χ1v) is 6.89. The molecule has 0 saturated carbocycles. The molecule has 0 aliphatic carbocycles. The molecular formula is C15H14ClFN2O3. The second-order valence-electron chi connectivity index (χ2n) is 4.47. The van der Waals surface area contributed by atoms with Crippen molar-refractivity contribution in [2.24, 2.45) is 0 Å². The van der Waals surface area contributed by atoms with Gasteiger partial charge in [0.2, 0.25) is 0 Å². The molecule has 1 aromatic heterocycles. The molecule has 0 spiro atoms. The predicted molar refractivity (Wildman–Crippen MR) is 79.5 cm³/mol. The van der Waals surface area contributed by atoms with Gasteiger partial charge >= 0.3 is 0 Å². The summed E-state index contributed by atoms with van der Waals surface area (Å²) >= 11 is 5.69. The highest BCUT2D eigenvalue weighted by Gasteiger charge is 2.11. The zero-order chi connectivity index (χ0) is 15.9. The molecule has 2 rings (SSSR count). The van der Waals surface area contributed by atoms with Gasteiger partial charge in [-0.2, -0.15) is 0 Å². The molecule has 7 heteroatoms. The van der Waals surface area contributed by atoms with Gasteiger partial charge in [0.1, 0.15) is 35.1 Å². The lowest BCUT2D eigenvalue weighted by Gasteiger charge is -2.13. The molecule has 1 unspecified atom stereocenters. The number of aliphatic hydroxyl groups excluding tert-OH is 1. The monoisotopic (exact) mass is 324 g/mol. The van der Waals surface area contributed by atoms with Gasteiger partial charge in [0.25, 0.3) is 5.91 Å². The van der Waals surface area contributed by atoms with E-state index in [1.165, 1.54) is 30.3 Å². The molecule has 0 aliphatic heterocycles. The Morgan fingerprint density at radius 2 is 2.05 bits per heavy atom. The van der Waals surface area contributed by atoms with Crippen LogP contribution in [0.3, 0.4) is 0 Å². The topological polar surface area (TPSA) is 71.5 Å². The van der Waals surface area contributed by atoms with E-state index in [2.05, 4.69) is 10.3 Å². The average molecular weight is 325 g/mol. The molecule has 0 aliphatic rings. The van der Waals surface area contributed by atoms with Gasteiger partial charge < -0.3 is 15.2 Å². The highest BCUT2D eigenvalue weighted by Crippen LogP contribution is 2.11. The molecule has 1 aromatic carbocycles. The van der Waals surface area contributed by atoms with Crippen molar-refractivity contribution in [1.29, 1.82) is 0 Å². The van der Waals surface area contributed by atoms with E-state index < -0.39 is 12.0 Å². The molecule has 1 amide bonds. The minimum Gasteiger partial charge on any atom is -0.491 e. The van der Waals surface area contributed by atoms with Crippen molar-refractivity contribution in [3.8, 4) is 5.75 Å². The van der Waals surface area contributed by atoms with Crippen molar-refractivity contribution in [3.63, 3.8) is 0 Å². The third kappa shape index (κ3) is 4.98. The number of carbonyl (C=O) groups is 1. The van der Waals surface area contributed by atoms with E-state index in [-0.39, 0.29) is 29.8 Å². The number of rotatable bonds is 6. The largest absolute Gasteiger partial charge is 0.491 e. The van der Waals surface area contributed by atoms with Crippen LogP contribution in [0.1, 0.15) is 10.5 Å². The maximum Gasteiger partial charge on any atom is 0.270 e. The van der Waals surface area contributed by atoms with Crippen LogP contribution in [0.15, 0.2) is 42.5 Å². The summed E-state index contributed by atoms with van der Waals surface area (Å²) in [6.07, 6.45) is -0.909. The third-order valence-corrected chi connectivity index (χ3v) is 2.91. The van der Waals surface area contributed by atoms with Crippen molar-refractivity contribution in [2.75, 3.05) is 13.2 Å². The Kier molecular flexibility index (Phi) is 5.68. The zero-order valence-corrected chi connectivity index (χ0v) is 12.3. The molecule has 0 saturated heterocycles. The van der Waals surface area contributed by atoms with Crippen LogP contribution in [0.2, 0.25) is 5.15 Å². The van der Waals surface area contributed by atoms with Gasteiger partial charge in [-0.1, -0.05) is 17.7 Å². The summed E-state index contributed by atoms with van der Waals surface area (Å²) in [5, 5.41) is 12.5. The molecule has 1 heterocycles. The Morgan fingerprint density at radius 1 is 1.32 bits per heavy atom. The van der Waals surface area contributed by atoms with Crippen LogP contribution in [-0.2, 0) is 0 Å². The number of hydrogen-bond donors (Lipinski definition) is 2. The number of carbonyl (C=O) groups excluding carboxylic acids is 1. The summed E-state index contributed by atoms with van der Waals surface area (Å²) < 4.78 is 18.0. The van der Waals surface area contributed by atoms with Gasteiger partial charge in [-0.3, -0.25) is 4.79 Å². The van der Waals surface area contributed by atoms with E-state index in [1.807, 2.05) is 0 Å². The summed E-state index contributed by atoms with van der Waals surface area (Å²) in [6, 6.07) is 10.1. The van der Waals surface area contributed by atoms with Gasteiger partial charge in [0.15, 0.2) is 0 Å². The number of halogens is 2. The molecule has 2 aromatic rings. The summed E-state index contributed by atoms with van der Waals surface area (Å²) in [5.74, 6) is -0.374. The SMILES string of the molecule is O=C(NCC(O)COc1ccc(F)cc1)c1cccc(Cl)n1. The smallest absolute Gasteiger partial charge is 0.270 e. The number of nitrogens with one attached hydrogen (secondary N) is 1. The lowest BCUT2D eigenvalue weighted by Crippen LogP contribution is -2.35. The van der Waals surface area contributed by atoms with Gasteiger partial charge in [0, 0.05) is 6.54 Å². The first-order valence-electron chi connectivity index (χ1n) is 6.52. The third-order valence-electron chi connectivity index (χ3n) is 2.70. The molecule has 22 heavy (non-hydrogen) atoms. The number of aliphatic hydroxyl groups is 1. The Bertz CT molecular complexity index is 637. The molecule has 0 bridgehead atoms. The molecule has 2 N–H and O–H groups in total. The molecule has 0 radical (unpaired) electrons. The Hall–Kier alpha value is -2.18.